The maximum atomic E-state index is 12.7. The molecule has 0 aliphatic carbocycles. The lowest BCUT2D eigenvalue weighted by Gasteiger charge is -2.30. The molecule has 0 radical (unpaired) electrons. The van der Waals surface area contributed by atoms with Crippen molar-refractivity contribution in [3.05, 3.63) is 54.0 Å². The number of benzene rings is 1. The van der Waals surface area contributed by atoms with Crippen LogP contribution in [0, 0.1) is 0 Å². The first-order chi connectivity index (χ1) is 12.3. The van der Waals surface area contributed by atoms with Crippen LogP contribution in [0.2, 0.25) is 0 Å². The zero-order valence-corrected chi connectivity index (χ0v) is 14.0. The van der Waals surface area contributed by atoms with E-state index < -0.39 is 0 Å². The van der Waals surface area contributed by atoms with Crippen LogP contribution in [0.3, 0.4) is 0 Å². The zero-order valence-electron chi connectivity index (χ0n) is 14.0. The number of rotatable bonds is 3. The highest BCUT2D eigenvalue weighted by atomic mass is 16.5. The molecule has 1 saturated heterocycles. The van der Waals surface area contributed by atoms with Crippen molar-refractivity contribution in [3.63, 3.8) is 0 Å². The minimum Gasteiger partial charge on any atom is -0.480 e. The number of methoxy groups -OCH3 is 1. The van der Waals surface area contributed by atoms with Crippen LogP contribution in [0.15, 0.2) is 47.0 Å². The van der Waals surface area contributed by atoms with Gasteiger partial charge < -0.3 is 14.1 Å². The summed E-state index contributed by atoms with van der Waals surface area (Å²) in [7, 11) is 1.53. The number of likely N-dealkylation sites (tertiary alicyclic amines) is 1. The van der Waals surface area contributed by atoms with E-state index in [4.69, 9.17) is 9.15 Å². The van der Waals surface area contributed by atoms with Gasteiger partial charge in [0.2, 0.25) is 5.88 Å². The van der Waals surface area contributed by atoms with Crippen molar-refractivity contribution in [2.45, 2.75) is 18.8 Å². The molecule has 0 atom stereocenters. The van der Waals surface area contributed by atoms with E-state index in [0.717, 1.165) is 29.8 Å². The molecule has 0 N–H and O–H groups in total. The predicted molar refractivity (Wildman–Crippen MR) is 92.7 cm³/mol. The van der Waals surface area contributed by atoms with Gasteiger partial charge in [-0.05, 0) is 37.1 Å². The number of hydrogen-bond donors (Lipinski definition) is 0. The molecule has 4 rings (SSSR count). The summed E-state index contributed by atoms with van der Waals surface area (Å²) in [6, 6.07) is 11.3. The monoisotopic (exact) mass is 337 g/mol. The summed E-state index contributed by atoms with van der Waals surface area (Å²) in [6.07, 6.45) is 3.29. The highest BCUT2D eigenvalue weighted by Gasteiger charge is 2.28. The van der Waals surface area contributed by atoms with Gasteiger partial charge in [-0.2, -0.15) is 0 Å². The molecule has 25 heavy (non-hydrogen) atoms. The molecule has 1 amide bonds. The Bertz CT molecular complexity index is 865. The third-order valence-corrected chi connectivity index (χ3v) is 4.64. The number of nitrogens with zero attached hydrogens (tertiary/aromatic N) is 3. The van der Waals surface area contributed by atoms with Crippen LogP contribution in [0.25, 0.3) is 11.1 Å². The molecule has 0 bridgehead atoms. The fourth-order valence-electron chi connectivity index (χ4n) is 3.28. The van der Waals surface area contributed by atoms with Crippen LogP contribution < -0.4 is 4.74 Å². The minimum atomic E-state index is -0.0408. The Kier molecular flexibility index (Phi) is 4.09. The Balaban J connectivity index is 1.46. The van der Waals surface area contributed by atoms with Gasteiger partial charge in [-0.1, -0.05) is 12.1 Å². The number of para-hydroxylation sites is 2. The van der Waals surface area contributed by atoms with Crippen molar-refractivity contribution >= 4 is 17.0 Å². The Hall–Kier alpha value is -2.89. The lowest BCUT2D eigenvalue weighted by molar-refractivity contribution is 0.0702. The second-order valence-electron chi connectivity index (χ2n) is 6.15. The number of pyridine rings is 1. The molecule has 6 heteroatoms. The third-order valence-electron chi connectivity index (χ3n) is 4.64. The maximum Gasteiger partial charge on any atom is 0.259 e. The van der Waals surface area contributed by atoms with Crippen molar-refractivity contribution in [2.75, 3.05) is 20.2 Å². The van der Waals surface area contributed by atoms with Gasteiger partial charge in [-0.15, -0.1) is 0 Å². The number of piperidine rings is 1. The number of aromatic nitrogens is 2. The molecule has 6 nitrogen and oxygen atoms in total. The van der Waals surface area contributed by atoms with E-state index in [9.17, 15) is 4.79 Å². The van der Waals surface area contributed by atoms with Crippen LogP contribution >= 0.6 is 0 Å². The number of carbonyl (C=O) groups excluding carboxylic acids is 1. The molecule has 1 aromatic carbocycles. The number of amides is 1. The van der Waals surface area contributed by atoms with Gasteiger partial charge in [0.1, 0.15) is 11.1 Å². The summed E-state index contributed by atoms with van der Waals surface area (Å²) < 4.78 is 11.1. The van der Waals surface area contributed by atoms with Crippen molar-refractivity contribution in [3.8, 4) is 5.88 Å². The average molecular weight is 337 g/mol. The Morgan fingerprint density at radius 2 is 2.00 bits per heavy atom. The standard InChI is InChI=1S/C19H19N3O3/c1-24-18-14(5-4-10-20-18)19(23)22-11-8-13(9-12-22)17-21-15-6-2-3-7-16(15)25-17/h2-7,10,13H,8-9,11-12H2,1H3. The number of carbonyl (C=O) groups is 1. The van der Waals surface area contributed by atoms with Gasteiger partial charge in [-0.25, -0.2) is 9.97 Å². The number of fused-ring (bicyclic) bond motifs is 1. The van der Waals surface area contributed by atoms with Crippen LogP contribution in [-0.4, -0.2) is 41.0 Å². The van der Waals surface area contributed by atoms with E-state index in [0.29, 0.717) is 24.5 Å². The Labute approximate surface area is 145 Å². The molecule has 0 saturated carbocycles. The smallest absolute Gasteiger partial charge is 0.259 e. The molecule has 3 heterocycles. The minimum absolute atomic E-state index is 0.0408. The van der Waals surface area contributed by atoms with Crippen molar-refractivity contribution in [1.29, 1.82) is 0 Å². The molecule has 1 aliphatic heterocycles. The predicted octanol–water partition coefficient (Wildman–Crippen LogP) is 3.25. The summed E-state index contributed by atoms with van der Waals surface area (Å²) in [5.74, 6) is 1.34. The molecule has 2 aromatic heterocycles. The zero-order chi connectivity index (χ0) is 17.2. The number of hydrogen-bond acceptors (Lipinski definition) is 5. The topological polar surface area (TPSA) is 68.5 Å². The normalized spacial score (nSPS) is 15.5. The first-order valence-electron chi connectivity index (χ1n) is 8.40. The highest BCUT2D eigenvalue weighted by Crippen LogP contribution is 2.31. The molecular formula is C19H19N3O3. The lowest BCUT2D eigenvalue weighted by Crippen LogP contribution is -2.38. The highest BCUT2D eigenvalue weighted by molar-refractivity contribution is 5.96. The molecule has 0 unspecified atom stereocenters. The van der Waals surface area contributed by atoms with Gasteiger partial charge in [0.15, 0.2) is 11.5 Å². The fourth-order valence-corrected chi connectivity index (χ4v) is 3.28. The summed E-state index contributed by atoms with van der Waals surface area (Å²) in [5, 5.41) is 0. The second-order valence-corrected chi connectivity index (χ2v) is 6.15. The van der Waals surface area contributed by atoms with E-state index in [2.05, 4.69) is 9.97 Å². The SMILES string of the molecule is COc1ncccc1C(=O)N1CCC(c2nc3ccccc3o2)CC1. The maximum absolute atomic E-state index is 12.7. The molecule has 1 fully saturated rings. The summed E-state index contributed by atoms with van der Waals surface area (Å²) in [4.78, 5) is 23.3. The first-order valence-corrected chi connectivity index (χ1v) is 8.40. The molecule has 0 spiro atoms. The van der Waals surface area contributed by atoms with Gasteiger partial charge in [0, 0.05) is 25.2 Å². The average Bonchev–Trinajstić information content (AvgIpc) is 3.12. The molecule has 128 valence electrons. The van der Waals surface area contributed by atoms with Crippen LogP contribution in [0.5, 0.6) is 5.88 Å². The van der Waals surface area contributed by atoms with Gasteiger partial charge in [0.25, 0.3) is 5.91 Å². The fraction of sp³-hybridized carbons (Fsp3) is 0.316. The van der Waals surface area contributed by atoms with Crippen LogP contribution in [-0.2, 0) is 0 Å². The largest absolute Gasteiger partial charge is 0.480 e. The third kappa shape index (κ3) is 2.95. The summed E-state index contributed by atoms with van der Waals surface area (Å²) in [6.45, 7) is 1.33. The van der Waals surface area contributed by atoms with E-state index in [-0.39, 0.29) is 11.8 Å². The second kappa shape index (κ2) is 6.55. The van der Waals surface area contributed by atoms with Crippen LogP contribution in [0.1, 0.15) is 35.0 Å². The number of oxazole rings is 1. The molecular weight excluding hydrogens is 318 g/mol. The van der Waals surface area contributed by atoms with Crippen molar-refractivity contribution in [2.24, 2.45) is 0 Å². The summed E-state index contributed by atoms with van der Waals surface area (Å²) >= 11 is 0. The van der Waals surface area contributed by atoms with Crippen LogP contribution in [0.4, 0.5) is 0 Å². The lowest BCUT2D eigenvalue weighted by atomic mass is 9.96. The first kappa shape index (κ1) is 15.6. The van der Waals surface area contributed by atoms with Crippen molar-refractivity contribution in [1.82, 2.24) is 14.9 Å². The van der Waals surface area contributed by atoms with Gasteiger partial charge in [-0.3, -0.25) is 4.79 Å². The van der Waals surface area contributed by atoms with E-state index >= 15 is 0 Å². The summed E-state index contributed by atoms with van der Waals surface area (Å²) in [5.41, 5.74) is 2.21. The Morgan fingerprint density at radius 3 is 2.76 bits per heavy atom. The molecule has 1 aliphatic rings. The quantitative estimate of drug-likeness (QED) is 0.734. The van der Waals surface area contributed by atoms with Crippen molar-refractivity contribution < 1.29 is 13.9 Å². The van der Waals surface area contributed by atoms with Gasteiger partial charge in [0.05, 0.1) is 7.11 Å². The van der Waals surface area contributed by atoms with E-state index in [1.165, 1.54) is 7.11 Å². The van der Waals surface area contributed by atoms with Gasteiger partial charge >= 0.3 is 0 Å². The number of ether oxygens (including phenoxy) is 1. The molecule has 3 aromatic rings. The van der Waals surface area contributed by atoms with E-state index in [1.54, 1.807) is 18.3 Å². The Morgan fingerprint density at radius 1 is 1.20 bits per heavy atom. The van der Waals surface area contributed by atoms with E-state index in [1.807, 2.05) is 29.2 Å².